The third-order valence-corrected chi connectivity index (χ3v) is 4.82. The molecule has 1 heterocycles. The Balaban J connectivity index is 1.66. The van der Waals surface area contributed by atoms with Crippen LogP contribution in [0.5, 0.6) is 0 Å². The monoisotopic (exact) mass is 376 g/mol. The van der Waals surface area contributed by atoms with Crippen molar-refractivity contribution in [3.8, 4) is 0 Å². The first-order valence-corrected chi connectivity index (χ1v) is 9.02. The highest BCUT2D eigenvalue weighted by Crippen LogP contribution is 2.16. The Labute approximate surface area is 149 Å². The molecule has 0 bridgehead atoms. The standard InChI is InChI=1S/C17H14F2N4O2S/c18-13-5-7-14(8-6-13)26(24,25)23-17-10-9-16(21-22-17)20-11-12-3-1-2-4-15(12)19/h1-10H,11H2,(H,20,21)(H,22,23). The number of anilines is 2. The van der Waals surface area contributed by atoms with Gasteiger partial charge in [0.25, 0.3) is 10.0 Å². The maximum Gasteiger partial charge on any atom is 0.263 e. The van der Waals surface area contributed by atoms with Crippen molar-refractivity contribution in [3.05, 3.63) is 77.9 Å². The predicted molar refractivity (Wildman–Crippen MR) is 93.0 cm³/mol. The first-order valence-electron chi connectivity index (χ1n) is 7.53. The number of aromatic nitrogens is 2. The van der Waals surface area contributed by atoms with Crippen molar-refractivity contribution in [1.29, 1.82) is 0 Å². The fourth-order valence-electron chi connectivity index (χ4n) is 2.12. The molecule has 9 heteroatoms. The number of nitrogens with one attached hydrogen (secondary N) is 2. The molecule has 0 atom stereocenters. The molecular formula is C17H14F2N4O2S. The van der Waals surface area contributed by atoms with E-state index < -0.39 is 15.8 Å². The normalized spacial score (nSPS) is 11.2. The lowest BCUT2D eigenvalue weighted by Crippen LogP contribution is -2.14. The highest BCUT2D eigenvalue weighted by atomic mass is 32.2. The second kappa shape index (κ2) is 7.44. The van der Waals surface area contributed by atoms with Crippen LogP contribution in [0.15, 0.2) is 65.6 Å². The van der Waals surface area contributed by atoms with E-state index in [0.29, 0.717) is 11.4 Å². The lowest BCUT2D eigenvalue weighted by Gasteiger charge is -2.08. The van der Waals surface area contributed by atoms with Crippen LogP contribution in [-0.2, 0) is 16.6 Å². The molecule has 0 saturated heterocycles. The average Bonchev–Trinajstić information content (AvgIpc) is 2.62. The van der Waals surface area contributed by atoms with E-state index in [4.69, 9.17) is 0 Å². The molecule has 2 N–H and O–H groups in total. The van der Waals surface area contributed by atoms with Crippen LogP contribution >= 0.6 is 0 Å². The quantitative estimate of drug-likeness (QED) is 0.690. The van der Waals surface area contributed by atoms with Gasteiger partial charge in [0.15, 0.2) is 5.82 Å². The van der Waals surface area contributed by atoms with Gasteiger partial charge in [0.2, 0.25) is 0 Å². The number of hydrogen-bond donors (Lipinski definition) is 2. The zero-order valence-electron chi connectivity index (χ0n) is 13.4. The van der Waals surface area contributed by atoms with E-state index >= 15 is 0 Å². The molecule has 3 aromatic rings. The van der Waals surface area contributed by atoms with Crippen LogP contribution in [0.1, 0.15) is 5.56 Å². The number of benzene rings is 2. The maximum absolute atomic E-state index is 13.6. The molecular weight excluding hydrogens is 362 g/mol. The minimum atomic E-state index is -3.89. The van der Waals surface area contributed by atoms with Crippen molar-refractivity contribution in [2.45, 2.75) is 11.4 Å². The lowest BCUT2D eigenvalue weighted by atomic mass is 10.2. The Morgan fingerprint density at radius 2 is 1.50 bits per heavy atom. The summed E-state index contributed by atoms with van der Waals surface area (Å²) in [5.41, 5.74) is 0.468. The summed E-state index contributed by atoms with van der Waals surface area (Å²) in [6, 6.07) is 13.6. The largest absolute Gasteiger partial charge is 0.364 e. The van der Waals surface area contributed by atoms with Gasteiger partial charge in [-0.3, -0.25) is 4.72 Å². The fraction of sp³-hybridized carbons (Fsp3) is 0.0588. The number of nitrogens with zero attached hydrogens (tertiary/aromatic N) is 2. The molecule has 26 heavy (non-hydrogen) atoms. The molecule has 3 rings (SSSR count). The van der Waals surface area contributed by atoms with E-state index in [9.17, 15) is 17.2 Å². The molecule has 0 aliphatic heterocycles. The Kier molecular flexibility index (Phi) is 5.08. The van der Waals surface area contributed by atoms with Gasteiger partial charge in [0.05, 0.1) is 4.90 Å². The zero-order chi connectivity index (χ0) is 18.6. The Morgan fingerprint density at radius 3 is 2.15 bits per heavy atom. The fourth-order valence-corrected chi connectivity index (χ4v) is 3.12. The molecule has 0 saturated carbocycles. The van der Waals surface area contributed by atoms with Gasteiger partial charge in [-0.25, -0.2) is 17.2 Å². The maximum atomic E-state index is 13.6. The predicted octanol–water partition coefficient (Wildman–Crippen LogP) is 3.17. The smallest absolute Gasteiger partial charge is 0.263 e. The van der Waals surface area contributed by atoms with Crippen LogP contribution in [-0.4, -0.2) is 18.6 Å². The highest BCUT2D eigenvalue weighted by molar-refractivity contribution is 7.92. The summed E-state index contributed by atoms with van der Waals surface area (Å²) in [5, 5.41) is 10.5. The van der Waals surface area contributed by atoms with Gasteiger partial charge in [-0.05, 0) is 42.5 Å². The molecule has 0 fully saturated rings. The van der Waals surface area contributed by atoms with E-state index in [1.165, 1.54) is 18.2 Å². The van der Waals surface area contributed by atoms with E-state index in [1.54, 1.807) is 18.2 Å². The Hall–Kier alpha value is -3.07. The van der Waals surface area contributed by atoms with Crippen LogP contribution in [0.2, 0.25) is 0 Å². The molecule has 6 nitrogen and oxygen atoms in total. The summed E-state index contributed by atoms with van der Waals surface area (Å²) in [7, 11) is -3.89. The van der Waals surface area contributed by atoms with E-state index in [-0.39, 0.29) is 23.1 Å². The topological polar surface area (TPSA) is 84.0 Å². The van der Waals surface area contributed by atoms with Gasteiger partial charge >= 0.3 is 0 Å². The molecule has 2 aromatic carbocycles. The minimum absolute atomic E-state index is 0.00534. The average molecular weight is 376 g/mol. The first-order chi connectivity index (χ1) is 12.4. The summed E-state index contributed by atoms with van der Waals surface area (Å²) in [5.74, 6) is -0.505. The van der Waals surface area contributed by atoms with Gasteiger partial charge in [0, 0.05) is 12.1 Å². The van der Waals surface area contributed by atoms with Crippen molar-refractivity contribution >= 4 is 21.7 Å². The van der Waals surface area contributed by atoms with Crippen LogP contribution in [0.3, 0.4) is 0 Å². The summed E-state index contributed by atoms with van der Waals surface area (Å²) < 4.78 is 53.1. The van der Waals surface area contributed by atoms with Crippen LogP contribution in [0, 0.1) is 11.6 Å². The van der Waals surface area contributed by atoms with Crippen molar-refractivity contribution in [3.63, 3.8) is 0 Å². The van der Waals surface area contributed by atoms with Crippen molar-refractivity contribution < 1.29 is 17.2 Å². The third kappa shape index (κ3) is 4.31. The molecule has 0 spiro atoms. The van der Waals surface area contributed by atoms with Gasteiger partial charge < -0.3 is 5.32 Å². The molecule has 0 aliphatic rings. The van der Waals surface area contributed by atoms with Crippen LogP contribution in [0.25, 0.3) is 0 Å². The van der Waals surface area contributed by atoms with E-state index in [2.05, 4.69) is 20.2 Å². The molecule has 0 amide bonds. The SMILES string of the molecule is O=S(=O)(Nc1ccc(NCc2ccccc2F)nn1)c1ccc(F)cc1. The number of halogens is 2. The number of hydrogen-bond acceptors (Lipinski definition) is 5. The summed E-state index contributed by atoms with van der Waals surface area (Å²) in [4.78, 5) is -0.0949. The second-order valence-electron chi connectivity index (χ2n) is 5.31. The molecule has 1 aromatic heterocycles. The summed E-state index contributed by atoms with van der Waals surface area (Å²) in [6.07, 6.45) is 0. The zero-order valence-corrected chi connectivity index (χ0v) is 14.2. The van der Waals surface area contributed by atoms with E-state index in [1.807, 2.05) is 0 Å². The molecule has 0 unspecified atom stereocenters. The molecule has 0 aliphatic carbocycles. The van der Waals surface area contributed by atoms with Gasteiger partial charge in [0.1, 0.15) is 17.5 Å². The van der Waals surface area contributed by atoms with Crippen LogP contribution < -0.4 is 10.0 Å². The van der Waals surface area contributed by atoms with Gasteiger partial charge in [-0.15, -0.1) is 10.2 Å². The number of rotatable bonds is 6. The first kappa shape index (κ1) is 17.7. The number of sulfonamides is 1. The highest BCUT2D eigenvalue weighted by Gasteiger charge is 2.15. The molecule has 0 radical (unpaired) electrons. The van der Waals surface area contributed by atoms with Crippen molar-refractivity contribution in [1.82, 2.24) is 10.2 Å². The van der Waals surface area contributed by atoms with Crippen LogP contribution in [0.4, 0.5) is 20.4 Å². The third-order valence-electron chi connectivity index (χ3n) is 3.45. The van der Waals surface area contributed by atoms with E-state index in [0.717, 1.165) is 24.3 Å². The second-order valence-corrected chi connectivity index (χ2v) is 6.99. The lowest BCUT2D eigenvalue weighted by molar-refractivity contribution is 0.599. The van der Waals surface area contributed by atoms with Crippen molar-refractivity contribution in [2.75, 3.05) is 10.0 Å². The minimum Gasteiger partial charge on any atom is -0.364 e. The van der Waals surface area contributed by atoms with Gasteiger partial charge in [-0.2, -0.15) is 0 Å². The Morgan fingerprint density at radius 1 is 0.846 bits per heavy atom. The summed E-state index contributed by atoms with van der Waals surface area (Å²) in [6.45, 7) is 0.210. The summed E-state index contributed by atoms with van der Waals surface area (Å²) >= 11 is 0. The molecule has 134 valence electrons. The Bertz CT molecular complexity index is 994. The van der Waals surface area contributed by atoms with Crippen molar-refractivity contribution in [2.24, 2.45) is 0 Å². The van der Waals surface area contributed by atoms with Gasteiger partial charge in [-0.1, -0.05) is 18.2 Å².